The molecule has 6 heteroatoms. The van der Waals surface area contributed by atoms with Gasteiger partial charge in [-0.15, -0.1) is 0 Å². The average Bonchev–Trinajstić information content (AvgIpc) is 2.27. The zero-order valence-electron chi connectivity index (χ0n) is 10.9. The van der Waals surface area contributed by atoms with Gasteiger partial charge < -0.3 is 14.7 Å². The molecule has 0 fully saturated rings. The second-order valence-electron chi connectivity index (χ2n) is 4.78. The van der Waals surface area contributed by atoms with Crippen molar-refractivity contribution in [3.63, 3.8) is 0 Å². The lowest BCUT2D eigenvalue weighted by Crippen LogP contribution is -2.43. The van der Waals surface area contributed by atoms with Crippen LogP contribution in [0.4, 0.5) is 4.39 Å². The first-order chi connectivity index (χ1) is 8.25. The molecule has 0 atom stereocenters. The van der Waals surface area contributed by atoms with Gasteiger partial charge in [0.15, 0.2) is 5.82 Å². The molecule has 0 aliphatic heterocycles. The largest absolute Gasteiger partial charge is 0.478 e. The summed E-state index contributed by atoms with van der Waals surface area (Å²) in [5, 5.41) is 8.77. The highest BCUT2D eigenvalue weighted by molar-refractivity contribution is 5.88. The highest BCUT2D eigenvalue weighted by Crippen LogP contribution is 2.19. The Bertz CT molecular complexity index is 447. The van der Waals surface area contributed by atoms with E-state index < -0.39 is 17.3 Å². The molecule has 1 rings (SSSR count). The van der Waals surface area contributed by atoms with E-state index in [-0.39, 0.29) is 18.0 Å². The fourth-order valence-corrected chi connectivity index (χ4v) is 1.06. The smallest absolute Gasteiger partial charge is 0.338 e. The number of carbonyl (C=O) groups is 1. The molecular weight excluding hydrogens is 239 g/mol. The van der Waals surface area contributed by atoms with Gasteiger partial charge >= 0.3 is 5.97 Å². The summed E-state index contributed by atoms with van der Waals surface area (Å²) in [6.07, 6.45) is 1.21. The molecule has 1 aromatic rings. The summed E-state index contributed by atoms with van der Waals surface area (Å²) >= 11 is 0. The first kappa shape index (κ1) is 14.4. The molecule has 1 aromatic heterocycles. The van der Waals surface area contributed by atoms with Gasteiger partial charge in [0.25, 0.3) is 5.88 Å². The minimum absolute atomic E-state index is 0.201. The van der Waals surface area contributed by atoms with Crippen LogP contribution in [-0.4, -0.2) is 47.2 Å². The number of halogens is 1. The maximum atomic E-state index is 13.7. The van der Waals surface area contributed by atoms with E-state index >= 15 is 0 Å². The van der Waals surface area contributed by atoms with Crippen LogP contribution in [0, 0.1) is 5.82 Å². The van der Waals surface area contributed by atoms with E-state index in [0.29, 0.717) is 0 Å². The molecule has 0 aliphatic rings. The van der Waals surface area contributed by atoms with Crippen molar-refractivity contribution >= 4 is 5.97 Å². The van der Waals surface area contributed by atoms with Crippen molar-refractivity contribution < 1.29 is 19.0 Å². The quantitative estimate of drug-likeness (QED) is 0.867. The Kier molecular flexibility index (Phi) is 4.24. The van der Waals surface area contributed by atoms with Crippen LogP contribution in [0.25, 0.3) is 0 Å². The molecule has 0 radical (unpaired) electrons. The Balaban J connectivity index is 2.87. The molecule has 0 unspecified atom stereocenters. The van der Waals surface area contributed by atoms with Crippen molar-refractivity contribution in [1.82, 2.24) is 9.88 Å². The summed E-state index contributed by atoms with van der Waals surface area (Å²) in [5.41, 5.74) is -0.754. The summed E-state index contributed by atoms with van der Waals surface area (Å²) in [6, 6.07) is 1.10. The van der Waals surface area contributed by atoms with Gasteiger partial charge in [-0.2, -0.15) is 0 Å². The summed E-state index contributed by atoms with van der Waals surface area (Å²) in [4.78, 5) is 16.4. The fraction of sp³-hybridized carbons (Fsp3) is 0.500. The maximum absolute atomic E-state index is 13.7. The minimum Gasteiger partial charge on any atom is -0.478 e. The number of pyridine rings is 1. The number of carboxylic acids is 1. The number of likely N-dealkylation sites (N-methyl/N-ethyl adjacent to an activating group) is 1. The number of carboxylic acid groups (broad SMARTS) is 1. The Morgan fingerprint density at radius 1 is 1.56 bits per heavy atom. The van der Waals surface area contributed by atoms with E-state index in [9.17, 15) is 9.18 Å². The van der Waals surface area contributed by atoms with Crippen molar-refractivity contribution in [2.24, 2.45) is 0 Å². The molecule has 0 bridgehead atoms. The number of nitrogens with zero attached hydrogens (tertiary/aromatic N) is 2. The van der Waals surface area contributed by atoms with Crippen LogP contribution in [0.1, 0.15) is 24.2 Å². The Hall–Kier alpha value is -1.69. The van der Waals surface area contributed by atoms with Gasteiger partial charge in [-0.3, -0.25) is 0 Å². The number of aromatic carboxylic acids is 1. The Morgan fingerprint density at radius 2 is 2.17 bits per heavy atom. The van der Waals surface area contributed by atoms with Gasteiger partial charge in [-0.1, -0.05) is 0 Å². The predicted octanol–water partition coefficient (Wildman–Crippen LogP) is 1.64. The third-order valence-electron chi connectivity index (χ3n) is 2.86. The zero-order valence-corrected chi connectivity index (χ0v) is 10.9. The highest BCUT2D eigenvalue weighted by atomic mass is 19.1. The molecule has 5 nitrogen and oxygen atoms in total. The normalized spacial score (nSPS) is 11.7. The zero-order chi connectivity index (χ0) is 13.9. The second kappa shape index (κ2) is 5.30. The molecule has 0 spiro atoms. The summed E-state index contributed by atoms with van der Waals surface area (Å²) in [7, 11) is 3.75. The lowest BCUT2D eigenvalue weighted by atomic mass is 10.1. The van der Waals surface area contributed by atoms with Gasteiger partial charge in [0.1, 0.15) is 12.2 Å². The highest BCUT2D eigenvalue weighted by Gasteiger charge is 2.23. The Morgan fingerprint density at radius 3 is 2.67 bits per heavy atom. The number of hydrogen-bond donors (Lipinski definition) is 1. The van der Waals surface area contributed by atoms with Crippen LogP contribution < -0.4 is 4.74 Å². The van der Waals surface area contributed by atoms with Crippen LogP contribution in [-0.2, 0) is 0 Å². The van der Waals surface area contributed by atoms with E-state index in [1.165, 1.54) is 6.20 Å². The predicted molar refractivity (Wildman–Crippen MR) is 64.4 cm³/mol. The van der Waals surface area contributed by atoms with Crippen molar-refractivity contribution in [1.29, 1.82) is 0 Å². The Labute approximate surface area is 105 Å². The van der Waals surface area contributed by atoms with Crippen LogP contribution in [0.3, 0.4) is 0 Å². The monoisotopic (exact) mass is 256 g/mol. The van der Waals surface area contributed by atoms with Crippen LogP contribution in [0.5, 0.6) is 5.88 Å². The first-order valence-corrected chi connectivity index (χ1v) is 5.43. The summed E-state index contributed by atoms with van der Waals surface area (Å²) < 4.78 is 19.0. The maximum Gasteiger partial charge on any atom is 0.338 e. The minimum atomic E-state index is -1.34. The lowest BCUT2D eigenvalue weighted by molar-refractivity contribution is 0.0688. The summed E-state index contributed by atoms with van der Waals surface area (Å²) in [6.45, 7) is 4.05. The van der Waals surface area contributed by atoms with Gasteiger partial charge in [-0.05, 0) is 34.0 Å². The average molecular weight is 256 g/mol. The van der Waals surface area contributed by atoms with Crippen LogP contribution in [0.15, 0.2) is 12.3 Å². The van der Waals surface area contributed by atoms with Crippen molar-refractivity contribution in [3.05, 3.63) is 23.6 Å². The fourth-order valence-electron chi connectivity index (χ4n) is 1.06. The molecule has 18 heavy (non-hydrogen) atoms. The molecule has 0 aromatic carbocycles. The van der Waals surface area contributed by atoms with Gasteiger partial charge in [-0.25, -0.2) is 14.2 Å². The second-order valence-corrected chi connectivity index (χ2v) is 4.78. The number of rotatable bonds is 5. The number of aromatic nitrogens is 1. The standard InChI is InChI=1S/C12H17FN2O3/c1-12(2,15(3)4)7-18-10-9(13)8(11(16)17)5-6-14-10/h5-6H,7H2,1-4H3,(H,16,17). The van der Waals surface area contributed by atoms with Gasteiger partial charge in [0.05, 0.1) is 0 Å². The molecule has 0 amide bonds. The molecule has 100 valence electrons. The molecule has 0 aliphatic carbocycles. The molecular formula is C12H17FN2O3. The van der Waals surface area contributed by atoms with E-state index in [0.717, 1.165) is 6.07 Å². The van der Waals surface area contributed by atoms with Gasteiger partial charge in [0.2, 0.25) is 0 Å². The van der Waals surface area contributed by atoms with Crippen LogP contribution in [0.2, 0.25) is 0 Å². The first-order valence-electron chi connectivity index (χ1n) is 5.43. The molecule has 0 saturated heterocycles. The third kappa shape index (κ3) is 3.16. The van der Waals surface area contributed by atoms with E-state index in [1.54, 1.807) is 0 Å². The van der Waals surface area contributed by atoms with E-state index in [2.05, 4.69) is 4.98 Å². The molecule has 1 heterocycles. The van der Waals surface area contributed by atoms with E-state index in [4.69, 9.17) is 9.84 Å². The topological polar surface area (TPSA) is 62.7 Å². The summed E-state index contributed by atoms with van der Waals surface area (Å²) in [5.74, 6) is -2.57. The number of ether oxygens (including phenoxy) is 1. The lowest BCUT2D eigenvalue weighted by Gasteiger charge is -2.31. The number of hydrogen-bond acceptors (Lipinski definition) is 4. The SMILES string of the molecule is CN(C)C(C)(C)COc1nccc(C(=O)O)c1F. The van der Waals surface area contributed by atoms with Crippen molar-refractivity contribution in [2.45, 2.75) is 19.4 Å². The molecule has 0 saturated carbocycles. The third-order valence-corrected chi connectivity index (χ3v) is 2.86. The molecule has 1 N–H and O–H groups in total. The van der Waals surface area contributed by atoms with Crippen LogP contribution >= 0.6 is 0 Å². The van der Waals surface area contributed by atoms with Crippen molar-refractivity contribution in [2.75, 3.05) is 20.7 Å². The van der Waals surface area contributed by atoms with Gasteiger partial charge in [0, 0.05) is 11.7 Å². The van der Waals surface area contributed by atoms with Crippen molar-refractivity contribution in [3.8, 4) is 5.88 Å². The van der Waals surface area contributed by atoms with E-state index in [1.807, 2.05) is 32.8 Å².